The van der Waals surface area contributed by atoms with Gasteiger partial charge in [0, 0.05) is 25.4 Å². The van der Waals surface area contributed by atoms with E-state index >= 15 is 0 Å². The van der Waals surface area contributed by atoms with Crippen molar-refractivity contribution >= 4 is 5.91 Å². The Bertz CT molecular complexity index is 456. The number of tetrazole rings is 1. The molecule has 1 saturated heterocycles. The second kappa shape index (κ2) is 4.58. The van der Waals surface area contributed by atoms with Gasteiger partial charge in [0.2, 0.25) is 5.91 Å². The quantitative estimate of drug-likeness (QED) is 0.888. The Morgan fingerprint density at radius 1 is 1.47 bits per heavy atom. The van der Waals surface area contributed by atoms with Gasteiger partial charge in [0.15, 0.2) is 5.82 Å². The second-order valence-electron chi connectivity index (χ2n) is 6.44. The van der Waals surface area contributed by atoms with Crippen LogP contribution in [0.5, 0.6) is 0 Å². The first-order valence-corrected chi connectivity index (χ1v) is 7.10. The molecular weight excluding hydrogens is 242 g/mol. The predicted molar refractivity (Wildman–Crippen MR) is 69.1 cm³/mol. The van der Waals surface area contributed by atoms with E-state index in [1.165, 1.54) is 19.3 Å². The smallest absolute Gasteiger partial charge is 0.223 e. The van der Waals surface area contributed by atoms with E-state index in [9.17, 15) is 4.79 Å². The minimum absolute atomic E-state index is 0.243. The molecule has 1 aromatic heterocycles. The number of nitrogens with zero attached hydrogens (tertiary/aromatic N) is 4. The zero-order chi connectivity index (χ0) is 13.5. The molecule has 0 bridgehead atoms. The number of carbonyl (C=O) groups is 1. The molecule has 1 N–H and O–H groups in total. The Hall–Kier alpha value is -1.46. The van der Waals surface area contributed by atoms with Gasteiger partial charge in [-0.25, -0.2) is 0 Å². The average molecular weight is 263 g/mol. The monoisotopic (exact) mass is 263 g/mol. The first kappa shape index (κ1) is 12.6. The van der Waals surface area contributed by atoms with Crippen LogP contribution in [0.2, 0.25) is 0 Å². The summed E-state index contributed by atoms with van der Waals surface area (Å²) in [6.07, 6.45) is 4.75. The van der Waals surface area contributed by atoms with Gasteiger partial charge in [-0.3, -0.25) is 4.79 Å². The third-order valence-corrected chi connectivity index (χ3v) is 4.73. The lowest BCUT2D eigenvalue weighted by Crippen LogP contribution is -2.36. The van der Waals surface area contributed by atoms with Gasteiger partial charge in [0.25, 0.3) is 0 Å². The maximum Gasteiger partial charge on any atom is 0.223 e. The summed E-state index contributed by atoms with van der Waals surface area (Å²) in [6.45, 7) is 5.48. The maximum absolute atomic E-state index is 12.4. The highest BCUT2D eigenvalue weighted by atomic mass is 16.2. The van der Waals surface area contributed by atoms with Crippen molar-refractivity contribution in [2.75, 3.05) is 6.54 Å². The molecule has 0 radical (unpaired) electrons. The number of hydrogen-bond donors (Lipinski definition) is 1. The largest absolute Gasteiger partial charge is 0.339 e. The van der Waals surface area contributed by atoms with Crippen molar-refractivity contribution in [1.29, 1.82) is 0 Å². The molecule has 104 valence electrons. The lowest BCUT2D eigenvalue weighted by atomic mass is 9.80. The molecule has 1 aliphatic carbocycles. The first-order chi connectivity index (χ1) is 9.08. The maximum atomic E-state index is 12.4. The van der Waals surface area contributed by atoms with Crippen molar-refractivity contribution < 1.29 is 4.79 Å². The van der Waals surface area contributed by atoms with Crippen LogP contribution in [-0.2, 0) is 11.2 Å². The number of likely N-dealkylation sites (tertiary alicyclic amines) is 1. The van der Waals surface area contributed by atoms with Gasteiger partial charge < -0.3 is 4.90 Å². The van der Waals surface area contributed by atoms with E-state index in [4.69, 9.17) is 0 Å². The van der Waals surface area contributed by atoms with Gasteiger partial charge in [-0.2, -0.15) is 5.21 Å². The molecule has 6 nitrogen and oxygen atoms in total. The van der Waals surface area contributed by atoms with Gasteiger partial charge in [-0.15, -0.1) is 10.2 Å². The molecule has 19 heavy (non-hydrogen) atoms. The standard InChI is InChI=1S/C13H21N5O/c1-13(2)8-18(10-5-3-4-9(10)13)12(19)7-6-11-14-16-17-15-11/h9-10H,3-8H2,1-2H3,(H,14,15,16,17)/t9-,10+/m0/s1. The molecule has 1 aromatic rings. The Kier molecular flexibility index (Phi) is 3.03. The van der Waals surface area contributed by atoms with Crippen molar-refractivity contribution in [3.8, 4) is 0 Å². The number of fused-ring (bicyclic) bond motifs is 1. The van der Waals surface area contributed by atoms with Crippen molar-refractivity contribution in [3.05, 3.63) is 5.82 Å². The van der Waals surface area contributed by atoms with Crippen LogP contribution in [0.15, 0.2) is 0 Å². The van der Waals surface area contributed by atoms with Crippen LogP contribution in [0.1, 0.15) is 45.4 Å². The molecule has 1 aliphatic heterocycles. The molecule has 2 heterocycles. The van der Waals surface area contributed by atoms with Crippen molar-refractivity contribution in [2.24, 2.45) is 11.3 Å². The second-order valence-corrected chi connectivity index (χ2v) is 6.44. The van der Waals surface area contributed by atoms with E-state index in [-0.39, 0.29) is 11.3 Å². The normalized spacial score (nSPS) is 28.6. The van der Waals surface area contributed by atoms with E-state index in [1.807, 2.05) is 0 Å². The zero-order valence-corrected chi connectivity index (χ0v) is 11.6. The van der Waals surface area contributed by atoms with Crippen LogP contribution >= 0.6 is 0 Å². The van der Waals surface area contributed by atoms with Gasteiger partial charge >= 0.3 is 0 Å². The molecule has 0 unspecified atom stereocenters. The molecule has 6 heteroatoms. The summed E-state index contributed by atoms with van der Waals surface area (Å²) in [5, 5.41) is 13.7. The van der Waals surface area contributed by atoms with Gasteiger partial charge in [0.05, 0.1) is 0 Å². The molecule has 0 spiro atoms. The molecule has 3 rings (SSSR count). The van der Waals surface area contributed by atoms with E-state index in [1.54, 1.807) is 0 Å². The number of H-pyrrole nitrogens is 1. The van der Waals surface area contributed by atoms with Crippen LogP contribution in [-0.4, -0.2) is 44.0 Å². The number of aromatic nitrogens is 4. The molecule has 0 aromatic carbocycles. The lowest BCUT2D eigenvalue weighted by molar-refractivity contribution is -0.132. The fourth-order valence-corrected chi connectivity index (χ4v) is 3.82. The molecular formula is C13H21N5O. The first-order valence-electron chi connectivity index (χ1n) is 7.10. The topological polar surface area (TPSA) is 74.8 Å². The Labute approximate surface area is 112 Å². The molecule has 1 saturated carbocycles. The summed E-state index contributed by atoms with van der Waals surface area (Å²) in [6, 6.07) is 0.466. The highest BCUT2D eigenvalue weighted by Gasteiger charge is 2.50. The fourth-order valence-electron chi connectivity index (χ4n) is 3.82. The number of hydrogen-bond acceptors (Lipinski definition) is 4. The predicted octanol–water partition coefficient (Wildman–Crippen LogP) is 1.17. The van der Waals surface area contributed by atoms with Crippen LogP contribution in [0, 0.1) is 11.3 Å². The Balaban J connectivity index is 1.64. The van der Waals surface area contributed by atoms with E-state index in [2.05, 4.69) is 39.4 Å². The van der Waals surface area contributed by atoms with Crippen molar-refractivity contribution in [3.63, 3.8) is 0 Å². The molecule has 2 atom stereocenters. The van der Waals surface area contributed by atoms with E-state index in [0.717, 1.165) is 6.54 Å². The number of nitrogens with one attached hydrogen (secondary N) is 1. The number of aryl methyl sites for hydroxylation is 1. The average Bonchev–Trinajstić information content (AvgIpc) is 3.05. The Morgan fingerprint density at radius 2 is 2.32 bits per heavy atom. The summed E-state index contributed by atoms with van der Waals surface area (Å²) >= 11 is 0. The van der Waals surface area contributed by atoms with Gasteiger partial charge in [-0.05, 0) is 24.2 Å². The van der Waals surface area contributed by atoms with Gasteiger partial charge in [-0.1, -0.05) is 25.5 Å². The number of rotatable bonds is 3. The van der Waals surface area contributed by atoms with Crippen LogP contribution in [0.4, 0.5) is 0 Å². The number of carbonyl (C=O) groups excluding carboxylic acids is 1. The summed E-state index contributed by atoms with van der Waals surface area (Å²) in [7, 11) is 0. The molecule has 1 amide bonds. The lowest BCUT2D eigenvalue weighted by Gasteiger charge is -2.23. The highest BCUT2D eigenvalue weighted by molar-refractivity contribution is 5.77. The van der Waals surface area contributed by atoms with Crippen molar-refractivity contribution in [2.45, 2.75) is 52.0 Å². The van der Waals surface area contributed by atoms with E-state index in [0.29, 0.717) is 30.6 Å². The zero-order valence-electron chi connectivity index (χ0n) is 11.6. The fraction of sp³-hybridized carbons (Fsp3) is 0.846. The summed E-state index contributed by atoms with van der Waals surface area (Å²) in [4.78, 5) is 14.5. The molecule has 2 fully saturated rings. The third-order valence-electron chi connectivity index (χ3n) is 4.73. The van der Waals surface area contributed by atoms with Crippen LogP contribution in [0.3, 0.4) is 0 Å². The molecule has 2 aliphatic rings. The minimum Gasteiger partial charge on any atom is -0.339 e. The summed E-state index contributed by atoms with van der Waals surface area (Å²) in [5.41, 5.74) is 0.267. The number of amides is 1. The minimum atomic E-state index is 0.243. The highest BCUT2D eigenvalue weighted by Crippen LogP contribution is 2.48. The summed E-state index contributed by atoms with van der Waals surface area (Å²) in [5.74, 6) is 1.55. The summed E-state index contributed by atoms with van der Waals surface area (Å²) < 4.78 is 0. The van der Waals surface area contributed by atoms with Crippen molar-refractivity contribution in [1.82, 2.24) is 25.5 Å². The van der Waals surface area contributed by atoms with Gasteiger partial charge in [0.1, 0.15) is 0 Å². The Morgan fingerprint density at radius 3 is 3.05 bits per heavy atom. The van der Waals surface area contributed by atoms with E-state index < -0.39 is 0 Å². The third kappa shape index (κ3) is 2.24. The SMILES string of the molecule is CC1(C)CN(C(=O)CCc2nn[nH]n2)[C@@H]2CCC[C@@H]21. The van der Waals surface area contributed by atoms with Crippen LogP contribution < -0.4 is 0 Å². The van der Waals surface area contributed by atoms with Crippen LogP contribution in [0.25, 0.3) is 0 Å². The number of aromatic amines is 1.